The number of nitrogens with zero attached hydrogens (tertiary/aromatic N) is 1. The minimum absolute atomic E-state index is 1.01. The lowest BCUT2D eigenvalue weighted by molar-refractivity contribution is 0.907. The quantitative estimate of drug-likeness (QED) is 0.682. The van der Waals surface area contributed by atoms with E-state index >= 15 is 0 Å². The van der Waals surface area contributed by atoms with E-state index in [2.05, 4.69) is 23.3 Å². The van der Waals surface area contributed by atoms with Crippen molar-refractivity contribution in [1.82, 2.24) is 4.98 Å². The number of fused-ring (bicyclic) bond motifs is 1. The van der Waals surface area contributed by atoms with Gasteiger partial charge in [0, 0.05) is 12.7 Å². The van der Waals surface area contributed by atoms with E-state index in [1.165, 1.54) is 36.1 Å². The Morgan fingerprint density at radius 3 is 3.00 bits per heavy atom. The molecule has 1 aromatic rings. The van der Waals surface area contributed by atoms with Gasteiger partial charge in [0.1, 0.15) is 5.82 Å². The molecule has 0 amide bonds. The molecule has 0 aromatic carbocycles. The molecule has 1 aliphatic carbocycles. The number of pyridine rings is 1. The van der Waals surface area contributed by atoms with Gasteiger partial charge in [0.15, 0.2) is 0 Å². The highest BCUT2D eigenvalue weighted by atomic mass is 15.0. The van der Waals surface area contributed by atoms with Crippen LogP contribution in [0, 0.1) is 6.92 Å². The van der Waals surface area contributed by atoms with Gasteiger partial charge in [0.05, 0.1) is 0 Å². The molecule has 0 fully saturated rings. The number of anilines is 1. The third kappa shape index (κ3) is 1.07. The standard InChI is InChI=1S/C10H14N2/c1-7-9-5-3-4-8(9)6-10(11-2)12-7/h6H,3-5H2,1-2H3,(H,11,12). The lowest BCUT2D eigenvalue weighted by Gasteiger charge is -2.06. The van der Waals surface area contributed by atoms with Crippen molar-refractivity contribution in [2.45, 2.75) is 26.2 Å². The number of aryl methyl sites for hydroxylation is 2. The molecule has 0 saturated heterocycles. The van der Waals surface area contributed by atoms with Crippen LogP contribution in [0.5, 0.6) is 0 Å². The topological polar surface area (TPSA) is 24.9 Å². The summed E-state index contributed by atoms with van der Waals surface area (Å²) in [5, 5.41) is 3.09. The van der Waals surface area contributed by atoms with Crippen LogP contribution in [-0.2, 0) is 12.8 Å². The predicted octanol–water partition coefficient (Wildman–Crippen LogP) is 1.92. The van der Waals surface area contributed by atoms with Crippen molar-refractivity contribution in [2.24, 2.45) is 0 Å². The van der Waals surface area contributed by atoms with Crippen LogP contribution in [0.4, 0.5) is 5.82 Å². The fourth-order valence-electron chi connectivity index (χ4n) is 1.91. The van der Waals surface area contributed by atoms with E-state index in [0.29, 0.717) is 0 Å². The van der Waals surface area contributed by atoms with E-state index in [1.54, 1.807) is 0 Å². The van der Waals surface area contributed by atoms with Crippen molar-refractivity contribution >= 4 is 5.82 Å². The lowest BCUT2D eigenvalue weighted by Crippen LogP contribution is -1.98. The molecule has 1 aromatic heterocycles. The zero-order valence-corrected chi connectivity index (χ0v) is 7.65. The lowest BCUT2D eigenvalue weighted by atomic mass is 10.1. The molecule has 0 spiro atoms. The van der Waals surface area contributed by atoms with Gasteiger partial charge < -0.3 is 5.32 Å². The first-order valence-corrected chi connectivity index (χ1v) is 4.48. The largest absolute Gasteiger partial charge is 0.373 e. The SMILES string of the molecule is CNc1cc2c(c(C)n1)CCC2. The summed E-state index contributed by atoms with van der Waals surface area (Å²) in [7, 11) is 1.92. The molecule has 64 valence electrons. The average Bonchev–Trinajstić information content (AvgIpc) is 2.52. The Balaban J connectivity index is 2.51. The summed E-state index contributed by atoms with van der Waals surface area (Å²) in [5.74, 6) is 1.01. The second-order valence-corrected chi connectivity index (χ2v) is 3.33. The van der Waals surface area contributed by atoms with E-state index < -0.39 is 0 Å². The molecule has 0 radical (unpaired) electrons. The Labute approximate surface area is 73.0 Å². The molecule has 0 atom stereocenters. The number of hydrogen-bond donors (Lipinski definition) is 1. The zero-order valence-electron chi connectivity index (χ0n) is 7.65. The van der Waals surface area contributed by atoms with Gasteiger partial charge in [-0.25, -0.2) is 4.98 Å². The fourth-order valence-corrected chi connectivity index (χ4v) is 1.91. The van der Waals surface area contributed by atoms with Gasteiger partial charge in [-0.2, -0.15) is 0 Å². The van der Waals surface area contributed by atoms with Crippen LogP contribution in [-0.4, -0.2) is 12.0 Å². The normalized spacial score (nSPS) is 14.5. The highest BCUT2D eigenvalue weighted by Crippen LogP contribution is 2.25. The molecule has 0 aliphatic heterocycles. The molecule has 1 heterocycles. The number of aromatic nitrogens is 1. The van der Waals surface area contributed by atoms with Crippen molar-refractivity contribution in [3.63, 3.8) is 0 Å². The van der Waals surface area contributed by atoms with E-state index in [-0.39, 0.29) is 0 Å². The summed E-state index contributed by atoms with van der Waals surface area (Å²) in [6.45, 7) is 2.10. The van der Waals surface area contributed by atoms with Gasteiger partial charge in [0.2, 0.25) is 0 Å². The van der Waals surface area contributed by atoms with Gasteiger partial charge in [-0.1, -0.05) is 0 Å². The van der Waals surface area contributed by atoms with E-state index in [0.717, 1.165) is 5.82 Å². The van der Waals surface area contributed by atoms with Gasteiger partial charge in [-0.05, 0) is 43.4 Å². The van der Waals surface area contributed by atoms with Crippen LogP contribution in [0.3, 0.4) is 0 Å². The maximum Gasteiger partial charge on any atom is 0.126 e. The monoisotopic (exact) mass is 162 g/mol. The first kappa shape index (κ1) is 7.59. The second kappa shape index (κ2) is 2.77. The Morgan fingerprint density at radius 1 is 1.42 bits per heavy atom. The summed E-state index contributed by atoms with van der Waals surface area (Å²) in [6.07, 6.45) is 3.75. The van der Waals surface area contributed by atoms with Gasteiger partial charge in [-0.15, -0.1) is 0 Å². The van der Waals surface area contributed by atoms with Gasteiger partial charge in [-0.3, -0.25) is 0 Å². The molecule has 1 N–H and O–H groups in total. The minimum atomic E-state index is 1.01. The number of rotatable bonds is 1. The molecule has 0 saturated carbocycles. The molecular weight excluding hydrogens is 148 g/mol. The molecular formula is C10H14N2. The smallest absolute Gasteiger partial charge is 0.126 e. The fraction of sp³-hybridized carbons (Fsp3) is 0.500. The zero-order chi connectivity index (χ0) is 8.55. The molecule has 2 rings (SSSR count). The second-order valence-electron chi connectivity index (χ2n) is 3.33. The van der Waals surface area contributed by atoms with Crippen molar-refractivity contribution in [2.75, 3.05) is 12.4 Å². The number of hydrogen-bond acceptors (Lipinski definition) is 2. The summed E-state index contributed by atoms with van der Waals surface area (Å²) >= 11 is 0. The van der Waals surface area contributed by atoms with Gasteiger partial charge >= 0.3 is 0 Å². The first-order valence-electron chi connectivity index (χ1n) is 4.48. The highest BCUT2D eigenvalue weighted by Gasteiger charge is 2.14. The molecule has 1 aliphatic rings. The molecule has 0 unspecified atom stereocenters. The van der Waals surface area contributed by atoms with Crippen LogP contribution in [0.25, 0.3) is 0 Å². The Kier molecular flexibility index (Phi) is 1.75. The van der Waals surface area contributed by atoms with Crippen molar-refractivity contribution in [3.05, 3.63) is 22.9 Å². The average molecular weight is 162 g/mol. The highest BCUT2D eigenvalue weighted by molar-refractivity contribution is 5.45. The van der Waals surface area contributed by atoms with Crippen molar-refractivity contribution < 1.29 is 0 Å². The van der Waals surface area contributed by atoms with Crippen molar-refractivity contribution in [3.8, 4) is 0 Å². The predicted molar refractivity (Wildman–Crippen MR) is 50.5 cm³/mol. The molecule has 12 heavy (non-hydrogen) atoms. The third-order valence-electron chi connectivity index (χ3n) is 2.55. The molecule has 2 nitrogen and oxygen atoms in total. The maximum absolute atomic E-state index is 4.45. The summed E-state index contributed by atoms with van der Waals surface area (Å²) < 4.78 is 0. The minimum Gasteiger partial charge on any atom is -0.373 e. The van der Waals surface area contributed by atoms with Crippen molar-refractivity contribution in [1.29, 1.82) is 0 Å². The summed E-state index contributed by atoms with van der Waals surface area (Å²) in [5.41, 5.74) is 4.18. The van der Waals surface area contributed by atoms with Gasteiger partial charge in [0.25, 0.3) is 0 Å². The van der Waals surface area contributed by atoms with Crippen LogP contribution in [0.15, 0.2) is 6.07 Å². The number of nitrogens with one attached hydrogen (secondary N) is 1. The Hall–Kier alpha value is -1.05. The maximum atomic E-state index is 4.45. The van der Waals surface area contributed by atoms with Crippen LogP contribution in [0.2, 0.25) is 0 Å². The molecule has 2 heteroatoms. The van der Waals surface area contributed by atoms with E-state index in [4.69, 9.17) is 0 Å². The van der Waals surface area contributed by atoms with Crippen LogP contribution in [0.1, 0.15) is 23.2 Å². The Bertz CT molecular complexity index is 305. The first-order chi connectivity index (χ1) is 5.81. The summed E-state index contributed by atoms with van der Waals surface area (Å²) in [6, 6.07) is 2.18. The van der Waals surface area contributed by atoms with Crippen LogP contribution >= 0.6 is 0 Å². The molecule has 0 bridgehead atoms. The van der Waals surface area contributed by atoms with E-state index in [1.807, 2.05) is 7.05 Å². The third-order valence-corrected chi connectivity index (χ3v) is 2.55. The summed E-state index contributed by atoms with van der Waals surface area (Å²) in [4.78, 5) is 4.45. The van der Waals surface area contributed by atoms with E-state index in [9.17, 15) is 0 Å². The Morgan fingerprint density at radius 2 is 2.25 bits per heavy atom. The van der Waals surface area contributed by atoms with Crippen LogP contribution < -0.4 is 5.32 Å².